The third kappa shape index (κ3) is 4.01. The van der Waals surface area contributed by atoms with Crippen LogP contribution in [0, 0.1) is 0 Å². The van der Waals surface area contributed by atoms with Gasteiger partial charge in [-0.3, -0.25) is 9.59 Å². The number of aromatic nitrogens is 1. The van der Waals surface area contributed by atoms with Crippen molar-refractivity contribution in [3.8, 4) is 0 Å². The molecule has 2 amide bonds. The van der Waals surface area contributed by atoms with Gasteiger partial charge in [-0.15, -0.1) is 0 Å². The molecule has 0 atom stereocenters. The molecular weight excluding hydrogens is 256 g/mol. The Morgan fingerprint density at radius 3 is 2.65 bits per heavy atom. The SMILES string of the molecule is CCCNC(=O)CN(C)C(=O)c1cc(N)cn1C(C)C. The van der Waals surface area contributed by atoms with Gasteiger partial charge >= 0.3 is 0 Å². The lowest BCUT2D eigenvalue weighted by molar-refractivity contribution is -0.121. The molecule has 0 aliphatic heterocycles. The summed E-state index contributed by atoms with van der Waals surface area (Å²) in [6.45, 7) is 6.60. The van der Waals surface area contributed by atoms with Gasteiger partial charge in [-0.25, -0.2) is 0 Å². The van der Waals surface area contributed by atoms with E-state index in [4.69, 9.17) is 5.73 Å². The van der Waals surface area contributed by atoms with Crippen molar-refractivity contribution >= 4 is 17.5 Å². The number of carbonyl (C=O) groups excluding carboxylic acids is 2. The number of likely N-dealkylation sites (N-methyl/N-ethyl adjacent to an activating group) is 1. The number of nitrogen functional groups attached to an aromatic ring is 1. The van der Waals surface area contributed by atoms with E-state index in [2.05, 4.69) is 5.32 Å². The van der Waals surface area contributed by atoms with Crippen molar-refractivity contribution < 1.29 is 9.59 Å². The van der Waals surface area contributed by atoms with E-state index in [0.717, 1.165) is 6.42 Å². The largest absolute Gasteiger partial charge is 0.397 e. The zero-order valence-electron chi connectivity index (χ0n) is 12.6. The average molecular weight is 280 g/mol. The summed E-state index contributed by atoms with van der Waals surface area (Å²) >= 11 is 0. The molecule has 112 valence electrons. The summed E-state index contributed by atoms with van der Waals surface area (Å²) in [5.74, 6) is -0.361. The van der Waals surface area contributed by atoms with E-state index in [-0.39, 0.29) is 24.4 Å². The summed E-state index contributed by atoms with van der Waals surface area (Å²) in [5.41, 5.74) is 6.80. The molecule has 0 bridgehead atoms. The number of nitrogens with two attached hydrogens (primary N) is 1. The van der Waals surface area contributed by atoms with Crippen LogP contribution in [0.15, 0.2) is 12.3 Å². The fourth-order valence-corrected chi connectivity index (χ4v) is 1.90. The molecule has 0 aliphatic rings. The molecule has 1 heterocycles. The number of hydrogen-bond donors (Lipinski definition) is 2. The molecule has 0 aliphatic carbocycles. The minimum absolute atomic E-state index is 0.0437. The minimum atomic E-state index is -0.206. The highest BCUT2D eigenvalue weighted by Crippen LogP contribution is 2.17. The standard InChI is InChI=1S/C14H24N4O2/c1-5-6-16-13(19)9-17(4)14(20)12-7-11(15)8-18(12)10(2)3/h7-8,10H,5-6,9,15H2,1-4H3,(H,16,19). The maximum Gasteiger partial charge on any atom is 0.270 e. The molecule has 1 aromatic rings. The lowest BCUT2D eigenvalue weighted by Crippen LogP contribution is -2.39. The van der Waals surface area contributed by atoms with E-state index in [1.165, 1.54) is 4.90 Å². The van der Waals surface area contributed by atoms with Crippen LogP contribution in [0.3, 0.4) is 0 Å². The van der Waals surface area contributed by atoms with Gasteiger partial charge in [-0.2, -0.15) is 0 Å². The molecule has 0 saturated carbocycles. The molecular formula is C14H24N4O2. The molecule has 1 aromatic heterocycles. The second-order valence-corrected chi connectivity index (χ2v) is 5.17. The van der Waals surface area contributed by atoms with Gasteiger partial charge in [0.2, 0.25) is 5.91 Å². The van der Waals surface area contributed by atoms with Crippen LogP contribution in [0.25, 0.3) is 0 Å². The van der Waals surface area contributed by atoms with Crippen LogP contribution < -0.4 is 11.1 Å². The second-order valence-electron chi connectivity index (χ2n) is 5.17. The first-order valence-electron chi connectivity index (χ1n) is 6.86. The first kappa shape index (κ1) is 16.1. The molecule has 0 saturated heterocycles. The maximum absolute atomic E-state index is 12.4. The van der Waals surface area contributed by atoms with Gasteiger partial charge in [0.05, 0.1) is 12.2 Å². The molecule has 6 heteroatoms. The minimum Gasteiger partial charge on any atom is -0.397 e. The van der Waals surface area contributed by atoms with Crippen molar-refractivity contribution in [2.45, 2.75) is 33.2 Å². The van der Waals surface area contributed by atoms with Gasteiger partial charge in [0.15, 0.2) is 0 Å². The van der Waals surface area contributed by atoms with Crippen LogP contribution in [-0.2, 0) is 4.79 Å². The highest BCUT2D eigenvalue weighted by Gasteiger charge is 2.20. The van der Waals surface area contributed by atoms with Gasteiger partial charge in [-0.05, 0) is 26.3 Å². The Morgan fingerprint density at radius 1 is 1.45 bits per heavy atom. The smallest absolute Gasteiger partial charge is 0.270 e. The average Bonchev–Trinajstić information content (AvgIpc) is 2.77. The number of amides is 2. The normalized spacial score (nSPS) is 10.7. The van der Waals surface area contributed by atoms with Crippen LogP contribution in [0.1, 0.15) is 43.7 Å². The molecule has 0 unspecified atom stereocenters. The van der Waals surface area contributed by atoms with E-state index in [1.807, 2.05) is 25.3 Å². The number of hydrogen-bond acceptors (Lipinski definition) is 3. The first-order valence-corrected chi connectivity index (χ1v) is 6.86. The Balaban J connectivity index is 2.76. The molecule has 20 heavy (non-hydrogen) atoms. The third-order valence-electron chi connectivity index (χ3n) is 2.94. The van der Waals surface area contributed by atoms with Crippen molar-refractivity contribution in [1.82, 2.24) is 14.8 Å². The van der Waals surface area contributed by atoms with Crippen LogP contribution >= 0.6 is 0 Å². The van der Waals surface area contributed by atoms with Crippen LogP contribution in [0.5, 0.6) is 0 Å². The van der Waals surface area contributed by atoms with Gasteiger partial charge in [0.25, 0.3) is 5.91 Å². The van der Waals surface area contributed by atoms with Gasteiger partial charge in [-0.1, -0.05) is 6.92 Å². The molecule has 1 rings (SSSR count). The Morgan fingerprint density at radius 2 is 2.10 bits per heavy atom. The van der Waals surface area contributed by atoms with Crippen molar-refractivity contribution in [1.29, 1.82) is 0 Å². The highest BCUT2D eigenvalue weighted by atomic mass is 16.2. The Hall–Kier alpha value is -1.98. The molecule has 3 N–H and O–H groups in total. The number of anilines is 1. The van der Waals surface area contributed by atoms with E-state index in [9.17, 15) is 9.59 Å². The first-order chi connectivity index (χ1) is 9.36. The van der Waals surface area contributed by atoms with Crippen molar-refractivity contribution in [2.75, 3.05) is 25.9 Å². The lowest BCUT2D eigenvalue weighted by atomic mass is 10.3. The van der Waals surface area contributed by atoms with Gasteiger partial charge < -0.3 is 20.5 Å². The van der Waals surface area contributed by atoms with Gasteiger partial charge in [0.1, 0.15) is 5.69 Å². The summed E-state index contributed by atoms with van der Waals surface area (Å²) in [7, 11) is 1.61. The number of nitrogens with zero attached hydrogens (tertiary/aromatic N) is 2. The lowest BCUT2D eigenvalue weighted by Gasteiger charge is -2.19. The van der Waals surface area contributed by atoms with E-state index < -0.39 is 0 Å². The van der Waals surface area contributed by atoms with Crippen molar-refractivity contribution in [3.63, 3.8) is 0 Å². The van der Waals surface area contributed by atoms with Crippen LogP contribution in [0.2, 0.25) is 0 Å². The van der Waals surface area contributed by atoms with E-state index in [0.29, 0.717) is 17.9 Å². The number of nitrogens with one attached hydrogen (secondary N) is 1. The number of rotatable bonds is 6. The van der Waals surface area contributed by atoms with Crippen LogP contribution in [-0.4, -0.2) is 41.4 Å². The fourth-order valence-electron chi connectivity index (χ4n) is 1.90. The molecule has 0 radical (unpaired) electrons. The van der Waals surface area contributed by atoms with E-state index >= 15 is 0 Å². The van der Waals surface area contributed by atoms with Gasteiger partial charge in [0, 0.05) is 25.8 Å². The summed E-state index contributed by atoms with van der Waals surface area (Å²) in [4.78, 5) is 25.4. The quantitative estimate of drug-likeness (QED) is 0.823. The van der Waals surface area contributed by atoms with Crippen molar-refractivity contribution in [2.24, 2.45) is 0 Å². The number of carbonyl (C=O) groups is 2. The molecule has 0 aromatic carbocycles. The fraction of sp³-hybridized carbons (Fsp3) is 0.571. The summed E-state index contributed by atoms with van der Waals surface area (Å²) in [6.07, 6.45) is 2.61. The van der Waals surface area contributed by atoms with Crippen LogP contribution in [0.4, 0.5) is 5.69 Å². The highest BCUT2D eigenvalue weighted by molar-refractivity contribution is 5.96. The van der Waals surface area contributed by atoms with Crippen molar-refractivity contribution in [3.05, 3.63) is 18.0 Å². The topological polar surface area (TPSA) is 80.4 Å². The maximum atomic E-state index is 12.4. The predicted molar refractivity (Wildman–Crippen MR) is 79.5 cm³/mol. The monoisotopic (exact) mass is 280 g/mol. The Labute approximate surface area is 119 Å². The summed E-state index contributed by atoms with van der Waals surface area (Å²) < 4.78 is 1.82. The second kappa shape index (κ2) is 6.98. The summed E-state index contributed by atoms with van der Waals surface area (Å²) in [5, 5.41) is 2.75. The zero-order chi connectivity index (χ0) is 15.3. The molecule has 0 fully saturated rings. The third-order valence-corrected chi connectivity index (χ3v) is 2.94. The van der Waals surface area contributed by atoms with E-state index in [1.54, 1.807) is 19.3 Å². The summed E-state index contributed by atoms with van der Waals surface area (Å²) in [6, 6.07) is 1.77. The molecule has 6 nitrogen and oxygen atoms in total. The molecule has 0 spiro atoms. The Bertz CT molecular complexity index is 480. The Kier molecular flexibility index (Phi) is 5.61. The zero-order valence-corrected chi connectivity index (χ0v) is 12.6. The predicted octanol–water partition coefficient (Wildman–Crippen LogP) is 1.25.